The van der Waals surface area contributed by atoms with Crippen LogP contribution in [0, 0.1) is 20.8 Å². The quantitative estimate of drug-likeness (QED) is 0.221. The van der Waals surface area contributed by atoms with Crippen molar-refractivity contribution in [3.63, 3.8) is 0 Å². The SMILES string of the molecule is Cc1cc(C)c(OC(/C=C/c2ccccc2)=C/CCCc2ccccc2)c(C)c1. The first-order valence-electron chi connectivity index (χ1n) is 10.3. The summed E-state index contributed by atoms with van der Waals surface area (Å²) in [6, 6.07) is 25.4. The second-order valence-electron chi connectivity index (χ2n) is 7.56. The Bertz CT molecular complexity index is 943. The van der Waals surface area contributed by atoms with Gasteiger partial charge in [0.1, 0.15) is 11.5 Å². The number of rotatable bonds is 8. The van der Waals surface area contributed by atoms with E-state index in [9.17, 15) is 0 Å². The third-order valence-corrected chi connectivity index (χ3v) is 4.92. The minimum absolute atomic E-state index is 0.900. The number of allylic oxidation sites excluding steroid dienone is 2. The van der Waals surface area contributed by atoms with Crippen molar-refractivity contribution in [2.24, 2.45) is 0 Å². The first-order valence-corrected chi connectivity index (χ1v) is 10.3. The lowest BCUT2D eigenvalue weighted by atomic mass is 10.1. The Kier molecular flexibility index (Phi) is 7.47. The summed E-state index contributed by atoms with van der Waals surface area (Å²) >= 11 is 0. The van der Waals surface area contributed by atoms with Crippen molar-refractivity contribution in [3.8, 4) is 5.75 Å². The molecule has 3 aromatic rings. The van der Waals surface area contributed by atoms with Gasteiger partial charge in [0.2, 0.25) is 0 Å². The molecule has 3 aromatic carbocycles. The minimum Gasteiger partial charge on any atom is -0.457 e. The smallest absolute Gasteiger partial charge is 0.133 e. The Labute approximate surface area is 175 Å². The molecule has 1 heteroatoms. The van der Waals surface area contributed by atoms with Gasteiger partial charge in [-0.05, 0) is 74.4 Å². The van der Waals surface area contributed by atoms with Crippen LogP contribution >= 0.6 is 0 Å². The van der Waals surface area contributed by atoms with Gasteiger partial charge in [-0.2, -0.15) is 0 Å². The van der Waals surface area contributed by atoms with E-state index in [1.54, 1.807) is 0 Å². The van der Waals surface area contributed by atoms with Crippen molar-refractivity contribution in [2.45, 2.75) is 40.0 Å². The van der Waals surface area contributed by atoms with Crippen LogP contribution in [0.4, 0.5) is 0 Å². The summed E-state index contributed by atoms with van der Waals surface area (Å²) in [5, 5.41) is 0. The third kappa shape index (κ3) is 6.50. The van der Waals surface area contributed by atoms with Gasteiger partial charge in [-0.15, -0.1) is 0 Å². The molecular weight excluding hydrogens is 352 g/mol. The van der Waals surface area contributed by atoms with Crippen LogP contribution in [0.15, 0.2) is 90.7 Å². The van der Waals surface area contributed by atoms with Gasteiger partial charge in [-0.1, -0.05) is 84.4 Å². The summed E-state index contributed by atoms with van der Waals surface area (Å²) in [6.45, 7) is 6.35. The molecule has 3 rings (SSSR count). The lowest BCUT2D eigenvalue weighted by molar-refractivity contribution is 0.435. The van der Waals surface area contributed by atoms with Crippen molar-refractivity contribution in [1.29, 1.82) is 0 Å². The summed E-state index contributed by atoms with van der Waals surface area (Å²) < 4.78 is 6.38. The number of unbranched alkanes of at least 4 members (excludes halogenated alkanes) is 1. The average Bonchev–Trinajstić information content (AvgIpc) is 2.72. The zero-order valence-corrected chi connectivity index (χ0v) is 17.7. The van der Waals surface area contributed by atoms with Gasteiger partial charge in [0.15, 0.2) is 0 Å². The molecule has 0 aromatic heterocycles. The molecule has 0 atom stereocenters. The van der Waals surface area contributed by atoms with Gasteiger partial charge in [-0.3, -0.25) is 0 Å². The zero-order valence-electron chi connectivity index (χ0n) is 17.7. The number of hydrogen-bond donors (Lipinski definition) is 0. The van der Waals surface area contributed by atoms with Crippen LogP contribution in [0.1, 0.15) is 40.7 Å². The molecule has 29 heavy (non-hydrogen) atoms. The summed E-state index contributed by atoms with van der Waals surface area (Å²) in [4.78, 5) is 0. The Morgan fingerprint density at radius 3 is 2.10 bits per heavy atom. The highest BCUT2D eigenvalue weighted by molar-refractivity contribution is 5.53. The van der Waals surface area contributed by atoms with Crippen molar-refractivity contribution in [2.75, 3.05) is 0 Å². The first kappa shape index (κ1) is 20.7. The van der Waals surface area contributed by atoms with E-state index in [4.69, 9.17) is 4.74 Å². The maximum Gasteiger partial charge on any atom is 0.133 e. The average molecular weight is 383 g/mol. The molecule has 0 unspecified atom stereocenters. The molecule has 0 saturated carbocycles. The maximum atomic E-state index is 6.38. The van der Waals surface area contributed by atoms with E-state index in [2.05, 4.69) is 106 Å². The molecule has 0 fully saturated rings. The molecule has 0 aliphatic rings. The topological polar surface area (TPSA) is 9.23 Å². The van der Waals surface area contributed by atoms with E-state index in [-0.39, 0.29) is 0 Å². The van der Waals surface area contributed by atoms with Crippen LogP contribution in [0.25, 0.3) is 6.08 Å². The van der Waals surface area contributed by atoms with Crippen LogP contribution in [-0.4, -0.2) is 0 Å². The van der Waals surface area contributed by atoms with Gasteiger partial charge in [0.05, 0.1) is 0 Å². The minimum atomic E-state index is 0.900. The highest BCUT2D eigenvalue weighted by Gasteiger charge is 2.07. The first-order chi connectivity index (χ1) is 14.1. The molecule has 148 valence electrons. The molecule has 0 bridgehead atoms. The predicted octanol–water partition coefficient (Wildman–Crippen LogP) is 7.61. The van der Waals surface area contributed by atoms with Gasteiger partial charge in [-0.25, -0.2) is 0 Å². The Balaban J connectivity index is 1.75. The lowest BCUT2D eigenvalue weighted by Crippen LogP contribution is -1.98. The molecule has 0 saturated heterocycles. The monoisotopic (exact) mass is 382 g/mol. The highest BCUT2D eigenvalue weighted by Crippen LogP contribution is 2.27. The standard InChI is InChI=1S/C28H30O/c1-22-20-23(2)28(24(3)21-22)29-27(19-18-26-14-8-5-9-15-26)17-11-10-16-25-12-6-4-7-13-25/h4-9,12-15,17-21H,10-11,16H2,1-3H3/b19-18+,27-17+. The molecule has 0 radical (unpaired) electrons. The zero-order chi connectivity index (χ0) is 20.5. The Hall–Kier alpha value is -3.06. The largest absolute Gasteiger partial charge is 0.457 e. The van der Waals surface area contributed by atoms with E-state index in [0.717, 1.165) is 30.8 Å². The van der Waals surface area contributed by atoms with E-state index >= 15 is 0 Å². The van der Waals surface area contributed by atoms with Crippen LogP contribution in [0.5, 0.6) is 5.75 Å². The molecule has 0 N–H and O–H groups in total. The molecule has 0 aliphatic carbocycles. The summed E-state index contributed by atoms with van der Waals surface area (Å²) in [6.07, 6.45) is 9.56. The van der Waals surface area contributed by atoms with Crippen LogP contribution in [0.3, 0.4) is 0 Å². The third-order valence-electron chi connectivity index (χ3n) is 4.92. The fourth-order valence-electron chi connectivity index (χ4n) is 3.53. The van der Waals surface area contributed by atoms with Crippen molar-refractivity contribution >= 4 is 6.08 Å². The number of aryl methyl sites for hydroxylation is 4. The summed E-state index contributed by atoms with van der Waals surface area (Å²) in [7, 11) is 0. The second kappa shape index (κ2) is 10.5. The van der Waals surface area contributed by atoms with E-state index in [1.165, 1.54) is 27.8 Å². The van der Waals surface area contributed by atoms with Crippen LogP contribution in [0.2, 0.25) is 0 Å². The normalized spacial score (nSPS) is 11.8. The van der Waals surface area contributed by atoms with E-state index in [1.807, 2.05) is 6.07 Å². The fraction of sp³-hybridized carbons (Fsp3) is 0.214. The van der Waals surface area contributed by atoms with Crippen LogP contribution in [-0.2, 0) is 6.42 Å². The predicted molar refractivity (Wildman–Crippen MR) is 124 cm³/mol. The Morgan fingerprint density at radius 1 is 0.828 bits per heavy atom. The Morgan fingerprint density at radius 2 is 1.45 bits per heavy atom. The maximum absolute atomic E-state index is 6.38. The number of hydrogen-bond acceptors (Lipinski definition) is 1. The van der Waals surface area contributed by atoms with E-state index in [0.29, 0.717) is 0 Å². The van der Waals surface area contributed by atoms with Crippen molar-refractivity contribution < 1.29 is 4.74 Å². The molecule has 0 amide bonds. The van der Waals surface area contributed by atoms with Gasteiger partial charge < -0.3 is 4.74 Å². The molecular formula is C28H30O. The molecule has 0 aliphatic heterocycles. The fourth-order valence-corrected chi connectivity index (χ4v) is 3.53. The number of benzene rings is 3. The van der Waals surface area contributed by atoms with Crippen LogP contribution < -0.4 is 4.74 Å². The summed E-state index contributed by atoms with van der Waals surface area (Å²) in [5.41, 5.74) is 6.16. The van der Waals surface area contributed by atoms with Gasteiger partial charge in [0.25, 0.3) is 0 Å². The number of ether oxygens (including phenoxy) is 1. The van der Waals surface area contributed by atoms with Gasteiger partial charge >= 0.3 is 0 Å². The van der Waals surface area contributed by atoms with E-state index < -0.39 is 0 Å². The van der Waals surface area contributed by atoms with Crippen molar-refractivity contribution in [3.05, 3.63) is 119 Å². The second-order valence-corrected chi connectivity index (χ2v) is 7.56. The molecule has 0 spiro atoms. The lowest BCUT2D eigenvalue weighted by Gasteiger charge is -2.14. The molecule has 0 heterocycles. The van der Waals surface area contributed by atoms with Gasteiger partial charge in [0, 0.05) is 0 Å². The molecule has 1 nitrogen and oxygen atoms in total. The van der Waals surface area contributed by atoms with Crippen molar-refractivity contribution in [1.82, 2.24) is 0 Å². The summed E-state index contributed by atoms with van der Waals surface area (Å²) in [5.74, 6) is 1.86. The highest BCUT2D eigenvalue weighted by atomic mass is 16.5.